The molecule has 0 amide bonds. The maximum atomic E-state index is 12.1. The molecule has 0 aliphatic carbocycles. The number of aryl methyl sites for hydroxylation is 2. The van der Waals surface area contributed by atoms with Gasteiger partial charge in [-0.3, -0.25) is 4.90 Å². The minimum absolute atomic E-state index is 0.0962. The SMILES string of the molecule is Cc1cc2oc(=O)cc(CN3CCC[C@H]3c3nc(C(C)C)no3)c2cc1C. The van der Waals surface area contributed by atoms with Gasteiger partial charge in [-0.15, -0.1) is 0 Å². The van der Waals surface area contributed by atoms with E-state index in [1.807, 2.05) is 13.0 Å². The van der Waals surface area contributed by atoms with Gasteiger partial charge in [-0.1, -0.05) is 19.0 Å². The smallest absolute Gasteiger partial charge is 0.336 e. The van der Waals surface area contributed by atoms with E-state index in [0.717, 1.165) is 41.7 Å². The Kier molecular flexibility index (Phi) is 4.60. The first-order valence-corrected chi connectivity index (χ1v) is 9.54. The minimum Gasteiger partial charge on any atom is -0.423 e. The number of hydrogen-bond donors (Lipinski definition) is 0. The van der Waals surface area contributed by atoms with E-state index >= 15 is 0 Å². The second-order valence-electron chi connectivity index (χ2n) is 7.80. The van der Waals surface area contributed by atoms with Crippen LogP contribution in [0.5, 0.6) is 0 Å². The van der Waals surface area contributed by atoms with E-state index in [9.17, 15) is 4.79 Å². The number of aromatic nitrogens is 2. The van der Waals surface area contributed by atoms with Crippen LogP contribution in [-0.4, -0.2) is 21.6 Å². The van der Waals surface area contributed by atoms with Crippen molar-refractivity contribution in [2.24, 2.45) is 0 Å². The molecule has 0 radical (unpaired) electrons. The predicted molar refractivity (Wildman–Crippen MR) is 103 cm³/mol. The van der Waals surface area contributed by atoms with Gasteiger partial charge in [0.05, 0.1) is 6.04 Å². The number of hydrogen-bond acceptors (Lipinski definition) is 6. The first-order valence-electron chi connectivity index (χ1n) is 9.54. The molecule has 0 bridgehead atoms. The van der Waals surface area contributed by atoms with E-state index in [0.29, 0.717) is 18.0 Å². The summed E-state index contributed by atoms with van der Waals surface area (Å²) in [5, 5.41) is 5.11. The van der Waals surface area contributed by atoms with Crippen LogP contribution in [0.3, 0.4) is 0 Å². The monoisotopic (exact) mass is 367 g/mol. The van der Waals surface area contributed by atoms with Crippen LogP contribution in [0.1, 0.15) is 67.1 Å². The van der Waals surface area contributed by atoms with Crippen molar-refractivity contribution in [3.8, 4) is 0 Å². The van der Waals surface area contributed by atoms with Gasteiger partial charge in [0.2, 0.25) is 5.89 Å². The van der Waals surface area contributed by atoms with Crippen LogP contribution in [0, 0.1) is 13.8 Å². The molecular weight excluding hydrogens is 342 g/mol. The van der Waals surface area contributed by atoms with Gasteiger partial charge in [-0.25, -0.2) is 4.79 Å². The second kappa shape index (κ2) is 6.93. The van der Waals surface area contributed by atoms with Gasteiger partial charge in [0.15, 0.2) is 5.82 Å². The Morgan fingerprint density at radius 2 is 2.00 bits per heavy atom. The number of likely N-dealkylation sites (tertiary alicyclic amines) is 1. The summed E-state index contributed by atoms with van der Waals surface area (Å²) >= 11 is 0. The molecule has 0 saturated carbocycles. The van der Waals surface area contributed by atoms with Crippen molar-refractivity contribution in [3.05, 3.63) is 57.0 Å². The third kappa shape index (κ3) is 3.41. The Balaban J connectivity index is 1.68. The van der Waals surface area contributed by atoms with Crippen molar-refractivity contribution < 1.29 is 8.94 Å². The molecular formula is C21H25N3O3. The summed E-state index contributed by atoms with van der Waals surface area (Å²) in [4.78, 5) is 19.0. The highest BCUT2D eigenvalue weighted by Crippen LogP contribution is 2.34. The number of benzene rings is 1. The largest absolute Gasteiger partial charge is 0.423 e. The van der Waals surface area contributed by atoms with Crippen molar-refractivity contribution >= 4 is 11.0 Å². The molecule has 0 N–H and O–H groups in total. The van der Waals surface area contributed by atoms with Crippen molar-refractivity contribution in [1.29, 1.82) is 0 Å². The molecule has 1 atom stereocenters. The summed E-state index contributed by atoms with van der Waals surface area (Å²) in [5.74, 6) is 1.66. The normalized spacial score (nSPS) is 18.0. The quantitative estimate of drug-likeness (QED) is 0.642. The lowest BCUT2D eigenvalue weighted by atomic mass is 10.0. The molecule has 1 saturated heterocycles. The van der Waals surface area contributed by atoms with Crippen LogP contribution in [-0.2, 0) is 6.54 Å². The number of fused-ring (bicyclic) bond motifs is 1. The van der Waals surface area contributed by atoms with Gasteiger partial charge in [0, 0.05) is 23.9 Å². The highest BCUT2D eigenvalue weighted by atomic mass is 16.5. The van der Waals surface area contributed by atoms with Crippen molar-refractivity contribution in [1.82, 2.24) is 15.0 Å². The van der Waals surface area contributed by atoms with Crippen LogP contribution in [0.15, 0.2) is 31.9 Å². The van der Waals surface area contributed by atoms with Gasteiger partial charge in [-0.2, -0.15) is 4.98 Å². The zero-order valence-electron chi connectivity index (χ0n) is 16.3. The molecule has 1 aliphatic rings. The molecule has 27 heavy (non-hydrogen) atoms. The molecule has 4 rings (SSSR count). The Hall–Kier alpha value is -2.47. The fraction of sp³-hybridized carbons (Fsp3) is 0.476. The molecule has 3 heterocycles. The zero-order valence-corrected chi connectivity index (χ0v) is 16.3. The first kappa shape index (κ1) is 17.9. The second-order valence-corrected chi connectivity index (χ2v) is 7.80. The van der Waals surface area contributed by atoms with Crippen LogP contribution in [0.25, 0.3) is 11.0 Å². The molecule has 1 fully saturated rings. The number of nitrogens with zero attached hydrogens (tertiary/aromatic N) is 3. The lowest BCUT2D eigenvalue weighted by Crippen LogP contribution is -2.24. The first-order chi connectivity index (χ1) is 12.9. The van der Waals surface area contributed by atoms with Gasteiger partial charge in [0.1, 0.15) is 5.58 Å². The van der Waals surface area contributed by atoms with Crippen molar-refractivity contribution in [2.75, 3.05) is 6.54 Å². The Labute approximate surface area is 158 Å². The van der Waals surface area contributed by atoms with Crippen LogP contribution in [0.4, 0.5) is 0 Å². The van der Waals surface area contributed by atoms with Crippen molar-refractivity contribution in [3.63, 3.8) is 0 Å². The molecule has 0 spiro atoms. The number of rotatable bonds is 4. The molecule has 0 unspecified atom stereocenters. The third-order valence-corrected chi connectivity index (χ3v) is 5.44. The van der Waals surface area contributed by atoms with E-state index in [1.165, 1.54) is 5.56 Å². The highest BCUT2D eigenvalue weighted by molar-refractivity contribution is 5.81. The van der Waals surface area contributed by atoms with E-state index in [2.05, 4.69) is 41.9 Å². The summed E-state index contributed by atoms with van der Waals surface area (Å²) in [5.41, 5.74) is 3.63. The van der Waals surface area contributed by atoms with E-state index < -0.39 is 0 Å². The van der Waals surface area contributed by atoms with Gasteiger partial charge in [0.25, 0.3) is 0 Å². The summed E-state index contributed by atoms with van der Waals surface area (Å²) in [6.07, 6.45) is 2.05. The molecule has 1 aliphatic heterocycles. The van der Waals surface area contributed by atoms with Crippen molar-refractivity contribution in [2.45, 2.75) is 59.0 Å². The van der Waals surface area contributed by atoms with E-state index in [1.54, 1.807) is 6.07 Å². The van der Waals surface area contributed by atoms with E-state index in [-0.39, 0.29) is 17.6 Å². The molecule has 6 nitrogen and oxygen atoms in total. The molecule has 1 aromatic carbocycles. The maximum absolute atomic E-state index is 12.1. The highest BCUT2D eigenvalue weighted by Gasteiger charge is 2.31. The minimum atomic E-state index is -0.309. The van der Waals surface area contributed by atoms with Crippen LogP contribution in [0.2, 0.25) is 0 Å². The lowest BCUT2D eigenvalue weighted by Gasteiger charge is -2.22. The topological polar surface area (TPSA) is 72.4 Å². The fourth-order valence-electron chi connectivity index (χ4n) is 3.74. The van der Waals surface area contributed by atoms with Gasteiger partial charge >= 0.3 is 5.63 Å². The predicted octanol–water partition coefficient (Wildman–Crippen LogP) is 4.25. The molecule has 6 heteroatoms. The average Bonchev–Trinajstić information content (AvgIpc) is 3.25. The van der Waals surface area contributed by atoms with Crippen LogP contribution >= 0.6 is 0 Å². The summed E-state index contributed by atoms with van der Waals surface area (Å²) in [6, 6.07) is 5.76. The zero-order chi connectivity index (χ0) is 19.1. The Morgan fingerprint density at radius 3 is 2.74 bits per heavy atom. The third-order valence-electron chi connectivity index (χ3n) is 5.44. The molecule has 142 valence electrons. The summed E-state index contributed by atoms with van der Waals surface area (Å²) in [6.45, 7) is 9.82. The fourth-order valence-corrected chi connectivity index (χ4v) is 3.74. The average molecular weight is 367 g/mol. The van der Waals surface area contributed by atoms with Gasteiger partial charge < -0.3 is 8.94 Å². The lowest BCUT2D eigenvalue weighted by molar-refractivity contribution is 0.201. The Bertz CT molecular complexity index is 1030. The van der Waals surface area contributed by atoms with E-state index in [4.69, 9.17) is 8.94 Å². The summed E-state index contributed by atoms with van der Waals surface area (Å²) in [7, 11) is 0. The molecule has 3 aromatic rings. The Morgan fingerprint density at radius 1 is 1.22 bits per heavy atom. The molecule has 2 aromatic heterocycles. The summed E-state index contributed by atoms with van der Waals surface area (Å²) < 4.78 is 11.0. The van der Waals surface area contributed by atoms with Gasteiger partial charge in [-0.05, 0) is 62.1 Å². The standard InChI is InChI=1S/C21H25N3O3/c1-12(2)20-22-21(27-23-20)17-6-5-7-24(17)11-15-10-19(25)26-18-9-14(4)13(3)8-16(15)18/h8-10,12,17H,5-7,11H2,1-4H3/t17-/m0/s1. The maximum Gasteiger partial charge on any atom is 0.336 e. The van der Waals surface area contributed by atoms with Crippen LogP contribution < -0.4 is 5.63 Å².